The number of piperidine rings is 1. The van der Waals surface area contributed by atoms with E-state index in [4.69, 9.17) is 14.2 Å². The highest BCUT2D eigenvalue weighted by Crippen LogP contribution is 2.36. The molecule has 0 N–H and O–H groups in total. The Morgan fingerprint density at radius 1 is 1.19 bits per heavy atom. The van der Waals surface area contributed by atoms with Crippen molar-refractivity contribution in [1.82, 2.24) is 14.7 Å². The van der Waals surface area contributed by atoms with Crippen LogP contribution < -0.4 is 9.47 Å². The van der Waals surface area contributed by atoms with Crippen LogP contribution in [-0.4, -0.2) is 79.5 Å². The van der Waals surface area contributed by atoms with E-state index in [-0.39, 0.29) is 6.09 Å². The number of likely N-dealkylation sites (tertiary alicyclic amines) is 1. The highest BCUT2D eigenvalue weighted by atomic mass is 16.7. The summed E-state index contributed by atoms with van der Waals surface area (Å²) in [5, 5.41) is 0. The Balaban J connectivity index is 1.31. The summed E-state index contributed by atoms with van der Waals surface area (Å²) in [4.78, 5) is 18.8. The van der Waals surface area contributed by atoms with E-state index in [2.05, 4.69) is 15.9 Å². The number of carbonyl (C=O) groups is 1. The maximum atomic E-state index is 11.9. The van der Waals surface area contributed by atoms with Crippen molar-refractivity contribution in [3.63, 3.8) is 0 Å². The minimum Gasteiger partial charge on any atom is -0.454 e. The van der Waals surface area contributed by atoms with Crippen molar-refractivity contribution in [2.45, 2.75) is 32.4 Å². The van der Waals surface area contributed by atoms with E-state index in [1.807, 2.05) is 24.0 Å². The first kappa shape index (κ1) is 18.4. The van der Waals surface area contributed by atoms with Crippen molar-refractivity contribution < 1.29 is 19.0 Å². The number of benzene rings is 1. The van der Waals surface area contributed by atoms with Gasteiger partial charge in [0.25, 0.3) is 0 Å². The van der Waals surface area contributed by atoms with Crippen molar-refractivity contribution in [3.05, 3.63) is 23.8 Å². The largest absolute Gasteiger partial charge is 0.454 e. The second-order valence-electron chi connectivity index (χ2n) is 7.40. The Bertz CT molecular complexity index is 661. The lowest BCUT2D eigenvalue weighted by atomic mass is 10.0. The highest BCUT2D eigenvalue weighted by molar-refractivity contribution is 5.67. The molecular formula is C20H29N3O4. The molecule has 7 nitrogen and oxygen atoms in total. The number of para-hydroxylation sites is 1. The SMILES string of the molecule is CCOC(=O)N1CCN([C@@H]2CCCN(Cc3cccc4c3OCO4)C2)CC1. The number of ether oxygens (including phenoxy) is 3. The fourth-order valence-corrected chi connectivity index (χ4v) is 4.31. The van der Waals surface area contributed by atoms with Crippen molar-refractivity contribution in [3.8, 4) is 11.5 Å². The molecule has 0 bridgehead atoms. The van der Waals surface area contributed by atoms with Crippen LogP contribution in [0.1, 0.15) is 25.3 Å². The Morgan fingerprint density at radius 2 is 2.04 bits per heavy atom. The Morgan fingerprint density at radius 3 is 2.85 bits per heavy atom. The maximum absolute atomic E-state index is 11.9. The van der Waals surface area contributed by atoms with E-state index in [1.165, 1.54) is 18.4 Å². The molecule has 1 aromatic rings. The monoisotopic (exact) mass is 375 g/mol. The van der Waals surface area contributed by atoms with E-state index in [9.17, 15) is 4.79 Å². The average molecular weight is 375 g/mol. The first-order chi connectivity index (χ1) is 13.2. The third kappa shape index (κ3) is 4.14. The first-order valence-electron chi connectivity index (χ1n) is 10.00. The quantitative estimate of drug-likeness (QED) is 0.804. The van der Waals surface area contributed by atoms with Gasteiger partial charge in [0.2, 0.25) is 6.79 Å². The average Bonchev–Trinajstić information content (AvgIpc) is 3.18. The molecule has 0 spiro atoms. The molecular weight excluding hydrogens is 346 g/mol. The number of carbonyl (C=O) groups excluding carboxylic acids is 1. The van der Waals surface area contributed by atoms with Gasteiger partial charge in [-0.3, -0.25) is 9.80 Å². The number of hydrogen-bond donors (Lipinski definition) is 0. The number of nitrogens with zero attached hydrogens (tertiary/aromatic N) is 3. The molecule has 1 aromatic carbocycles. The lowest BCUT2D eigenvalue weighted by Crippen LogP contribution is -2.55. The molecule has 2 saturated heterocycles. The zero-order chi connectivity index (χ0) is 18.6. The summed E-state index contributed by atoms with van der Waals surface area (Å²) in [7, 11) is 0. The molecule has 2 fully saturated rings. The first-order valence-corrected chi connectivity index (χ1v) is 10.00. The van der Waals surface area contributed by atoms with Crippen LogP contribution in [0.4, 0.5) is 4.79 Å². The molecule has 0 aliphatic carbocycles. The van der Waals surface area contributed by atoms with Crippen LogP contribution in [0.5, 0.6) is 11.5 Å². The molecule has 0 saturated carbocycles. The number of fused-ring (bicyclic) bond motifs is 1. The van der Waals surface area contributed by atoms with Gasteiger partial charge >= 0.3 is 6.09 Å². The lowest BCUT2D eigenvalue weighted by Gasteiger charge is -2.43. The minimum absolute atomic E-state index is 0.178. The minimum atomic E-state index is -0.178. The van der Waals surface area contributed by atoms with Gasteiger partial charge in [0.1, 0.15) is 0 Å². The standard InChI is InChI=1S/C20H29N3O4/c1-2-25-20(24)23-11-9-22(10-12-23)17-6-4-8-21(14-17)13-16-5-3-7-18-19(16)27-15-26-18/h3,5,7,17H,2,4,6,8-15H2,1H3/t17-/m1/s1. The van der Waals surface area contributed by atoms with E-state index < -0.39 is 0 Å². The molecule has 4 rings (SSSR count). The molecule has 0 unspecified atom stereocenters. The second kappa shape index (κ2) is 8.35. The normalized spacial score (nSPS) is 23.4. The summed E-state index contributed by atoms with van der Waals surface area (Å²) in [6.07, 6.45) is 2.25. The Hall–Kier alpha value is -1.99. The third-order valence-electron chi connectivity index (χ3n) is 5.71. The molecule has 1 amide bonds. The molecule has 7 heteroatoms. The van der Waals surface area contributed by atoms with Crippen LogP contribution in [-0.2, 0) is 11.3 Å². The number of amides is 1. The molecule has 1 atom stereocenters. The summed E-state index contributed by atoms with van der Waals surface area (Å²) in [5.41, 5.74) is 1.21. The van der Waals surface area contributed by atoms with Gasteiger partial charge in [0.05, 0.1) is 6.61 Å². The Labute approximate surface area is 160 Å². The lowest BCUT2D eigenvalue weighted by molar-refractivity contribution is 0.0411. The zero-order valence-electron chi connectivity index (χ0n) is 16.1. The third-order valence-corrected chi connectivity index (χ3v) is 5.71. The van der Waals surface area contributed by atoms with Gasteiger partial charge in [-0.25, -0.2) is 4.79 Å². The van der Waals surface area contributed by atoms with E-state index in [1.54, 1.807) is 0 Å². The molecule has 3 aliphatic heterocycles. The number of piperazine rings is 1. The summed E-state index contributed by atoms with van der Waals surface area (Å²) in [6.45, 7) is 9.04. The van der Waals surface area contributed by atoms with Crippen LogP contribution >= 0.6 is 0 Å². The Kier molecular flexibility index (Phi) is 5.69. The molecule has 3 aliphatic rings. The zero-order valence-corrected chi connectivity index (χ0v) is 16.1. The molecule has 0 radical (unpaired) electrons. The fourth-order valence-electron chi connectivity index (χ4n) is 4.31. The van der Waals surface area contributed by atoms with Gasteiger partial charge in [-0.05, 0) is 32.4 Å². The van der Waals surface area contributed by atoms with Crippen molar-refractivity contribution >= 4 is 6.09 Å². The smallest absolute Gasteiger partial charge is 0.409 e. The topological polar surface area (TPSA) is 54.5 Å². The van der Waals surface area contributed by atoms with Crippen LogP contribution in [0, 0.1) is 0 Å². The maximum Gasteiger partial charge on any atom is 0.409 e. The fraction of sp³-hybridized carbons (Fsp3) is 0.650. The van der Waals surface area contributed by atoms with Gasteiger partial charge < -0.3 is 19.1 Å². The van der Waals surface area contributed by atoms with Crippen molar-refractivity contribution in [1.29, 1.82) is 0 Å². The summed E-state index contributed by atoms with van der Waals surface area (Å²) >= 11 is 0. The van der Waals surface area contributed by atoms with Crippen LogP contribution in [0.15, 0.2) is 18.2 Å². The highest BCUT2D eigenvalue weighted by Gasteiger charge is 2.30. The van der Waals surface area contributed by atoms with Gasteiger partial charge in [-0.1, -0.05) is 12.1 Å². The summed E-state index contributed by atoms with van der Waals surface area (Å²) < 4.78 is 16.3. The second-order valence-corrected chi connectivity index (χ2v) is 7.40. The number of hydrogen-bond acceptors (Lipinski definition) is 6. The summed E-state index contributed by atoms with van der Waals surface area (Å²) in [5.74, 6) is 1.76. The van der Waals surface area contributed by atoms with E-state index >= 15 is 0 Å². The van der Waals surface area contributed by atoms with E-state index in [0.29, 0.717) is 19.4 Å². The van der Waals surface area contributed by atoms with Gasteiger partial charge in [0, 0.05) is 50.9 Å². The summed E-state index contributed by atoms with van der Waals surface area (Å²) in [6, 6.07) is 6.69. The molecule has 27 heavy (non-hydrogen) atoms. The number of rotatable bonds is 4. The van der Waals surface area contributed by atoms with Gasteiger partial charge in [-0.2, -0.15) is 0 Å². The van der Waals surface area contributed by atoms with Gasteiger partial charge in [0.15, 0.2) is 11.5 Å². The van der Waals surface area contributed by atoms with Gasteiger partial charge in [-0.15, -0.1) is 0 Å². The van der Waals surface area contributed by atoms with Crippen LogP contribution in [0.3, 0.4) is 0 Å². The molecule has 148 valence electrons. The van der Waals surface area contributed by atoms with E-state index in [0.717, 1.165) is 57.3 Å². The predicted molar refractivity (Wildman–Crippen MR) is 101 cm³/mol. The van der Waals surface area contributed by atoms with Crippen LogP contribution in [0.2, 0.25) is 0 Å². The predicted octanol–water partition coefficient (Wildman–Crippen LogP) is 2.15. The van der Waals surface area contributed by atoms with Crippen molar-refractivity contribution in [2.75, 3.05) is 52.7 Å². The molecule has 3 heterocycles. The molecule has 0 aromatic heterocycles. The van der Waals surface area contributed by atoms with Crippen LogP contribution in [0.25, 0.3) is 0 Å². The van der Waals surface area contributed by atoms with Crippen molar-refractivity contribution in [2.24, 2.45) is 0 Å².